The fraction of sp³-hybridized carbons (Fsp3) is 1.00. The van der Waals surface area contributed by atoms with Crippen LogP contribution in [-0.4, -0.2) is 44.5 Å². The highest BCUT2D eigenvalue weighted by molar-refractivity contribution is 9.09. The van der Waals surface area contributed by atoms with Gasteiger partial charge in [-0.2, -0.15) is 0 Å². The third kappa shape index (κ3) is 2.94. The fourth-order valence-corrected chi connectivity index (χ4v) is 5.59. The molecule has 2 aliphatic carbocycles. The molecular weight excluding hydrogens is 320 g/mol. The number of alkyl halides is 1. The van der Waals surface area contributed by atoms with Crippen LogP contribution in [0.2, 0.25) is 0 Å². The Morgan fingerprint density at radius 3 is 2.40 bits per heavy atom. The lowest BCUT2D eigenvalue weighted by molar-refractivity contribution is -0.146. The Morgan fingerprint density at radius 1 is 1.05 bits per heavy atom. The lowest BCUT2D eigenvalue weighted by Gasteiger charge is -2.48. The highest BCUT2D eigenvalue weighted by Crippen LogP contribution is 2.63. The van der Waals surface area contributed by atoms with Gasteiger partial charge in [0.25, 0.3) is 0 Å². The zero-order valence-electron chi connectivity index (χ0n) is 13.1. The average molecular weight is 349 g/mol. The zero-order chi connectivity index (χ0) is 14.6. The van der Waals surface area contributed by atoms with Crippen molar-refractivity contribution in [3.8, 4) is 0 Å². The van der Waals surface area contributed by atoms with Crippen molar-refractivity contribution in [3.63, 3.8) is 0 Å². The van der Waals surface area contributed by atoms with Crippen LogP contribution in [0.3, 0.4) is 0 Å². The van der Waals surface area contributed by atoms with Crippen molar-refractivity contribution < 1.29 is 14.2 Å². The van der Waals surface area contributed by atoms with Gasteiger partial charge in [-0.15, -0.1) is 0 Å². The summed E-state index contributed by atoms with van der Waals surface area (Å²) in [6.45, 7) is 7.68. The topological polar surface area (TPSA) is 27.7 Å². The van der Waals surface area contributed by atoms with Gasteiger partial charge in [0, 0.05) is 25.7 Å². The summed E-state index contributed by atoms with van der Waals surface area (Å²) in [5.41, 5.74) is 0.279. The molecule has 0 aliphatic heterocycles. The number of ether oxygens (including phenoxy) is 3. The molecular formula is C16H29BrO3. The molecule has 2 fully saturated rings. The van der Waals surface area contributed by atoms with Gasteiger partial charge < -0.3 is 14.2 Å². The first-order valence-corrected chi connectivity index (χ1v) is 8.97. The van der Waals surface area contributed by atoms with Crippen molar-refractivity contribution in [3.05, 3.63) is 0 Å². The molecule has 0 N–H and O–H groups in total. The molecule has 3 atom stereocenters. The van der Waals surface area contributed by atoms with Gasteiger partial charge in [0.15, 0.2) is 0 Å². The van der Waals surface area contributed by atoms with Gasteiger partial charge in [-0.1, -0.05) is 29.8 Å². The minimum atomic E-state index is 0.00576. The Morgan fingerprint density at radius 2 is 1.80 bits per heavy atom. The summed E-state index contributed by atoms with van der Waals surface area (Å²) in [4.78, 5) is 0. The SMILES string of the molecule is COCCCOCCOC1(CBr)C2CCC(C2)C1(C)C. The molecule has 0 aromatic carbocycles. The summed E-state index contributed by atoms with van der Waals surface area (Å²) >= 11 is 3.73. The summed E-state index contributed by atoms with van der Waals surface area (Å²) in [7, 11) is 1.72. The normalized spacial score (nSPS) is 34.8. The van der Waals surface area contributed by atoms with Gasteiger partial charge in [-0.25, -0.2) is 0 Å². The second kappa shape index (κ2) is 7.08. The summed E-state index contributed by atoms with van der Waals surface area (Å²) in [5, 5.41) is 0.942. The van der Waals surface area contributed by atoms with Crippen LogP contribution in [0.5, 0.6) is 0 Å². The summed E-state index contributed by atoms with van der Waals surface area (Å²) < 4.78 is 17.0. The third-order valence-corrected chi connectivity index (χ3v) is 6.46. The number of hydrogen-bond donors (Lipinski definition) is 0. The maximum absolute atomic E-state index is 6.39. The van der Waals surface area contributed by atoms with E-state index >= 15 is 0 Å². The van der Waals surface area contributed by atoms with Gasteiger partial charge in [0.05, 0.1) is 18.8 Å². The highest BCUT2D eigenvalue weighted by Gasteiger charge is 2.63. The predicted octanol–water partition coefficient (Wildman–Crippen LogP) is 3.65. The maximum Gasteiger partial charge on any atom is 0.0861 e. The van der Waals surface area contributed by atoms with Crippen LogP contribution in [0.15, 0.2) is 0 Å². The molecule has 4 heteroatoms. The Bertz CT molecular complexity index is 308. The molecule has 0 aromatic rings. The van der Waals surface area contributed by atoms with Crippen molar-refractivity contribution in [1.29, 1.82) is 0 Å². The van der Waals surface area contributed by atoms with Crippen LogP contribution >= 0.6 is 15.9 Å². The fourth-order valence-electron chi connectivity index (χ4n) is 4.25. The number of rotatable bonds is 9. The highest BCUT2D eigenvalue weighted by atomic mass is 79.9. The van der Waals surface area contributed by atoms with Crippen LogP contribution in [-0.2, 0) is 14.2 Å². The quantitative estimate of drug-likeness (QED) is 0.470. The van der Waals surface area contributed by atoms with Gasteiger partial charge in [-0.05, 0) is 42.9 Å². The molecule has 0 spiro atoms. The third-order valence-electron chi connectivity index (χ3n) is 5.63. The number of fused-ring (bicyclic) bond motifs is 2. The molecule has 3 nitrogen and oxygen atoms in total. The van der Waals surface area contributed by atoms with E-state index in [1.165, 1.54) is 19.3 Å². The monoisotopic (exact) mass is 348 g/mol. The van der Waals surface area contributed by atoms with Crippen LogP contribution in [0, 0.1) is 17.3 Å². The van der Waals surface area contributed by atoms with Crippen molar-refractivity contribution in [2.75, 3.05) is 38.9 Å². The molecule has 0 heterocycles. The first-order valence-electron chi connectivity index (χ1n) is 7.85. The molecule has 2 bridgehead atoms. The van der Waals surface area contributed by atoms with Crippen molar-refractivity contribution >= 4 is 15.9 Å². The molecule has 0 radical (unpaired) electrons. The van der Waals surface area contributed by atoms with Crippen LogP contribution < -0.4 is 0 Å². The zero-order valence-corrected chi connectivity index (χ0v) is 14.7. The Kier molecular flexibility index (Phi) is 5.92. The number of hydrogen-bond acceptors (Lipinski definition) is 3. The van der Waals surface area contributed by atoms with Crippen LogP contribution in [0.4, 0.5) is 0 Å². The molecule has 2 rings (SSSR count). The van der Waals surface area contributed by atoms with Gasteiger partial charge in [-0.3, -0.25) is 0 Å². The van der Waals surface area contributed by atoms with Gasteiger partial charge in [0.2, 0.25) is 0 Å². The van der Waals surface area contributed by atoms with E-state index in [4.69, 9.17) is 14.2 Å². The van der Waals surface area contributed by atoms with Gasteiger partial charge in [0.1, 0.15) is 0 Å². The first-order chi connectivity index (χ1) is 9.58. The smallest absolute Gasteiger partial charge is 0.0861 e. The second-order valence-corrected chi connectivity index (χ2v) is 7.32. The van der Waals surface area contributed by atoms with E-state index in [1.54, 1.807) is 7.11 Å². The Balaban J connectivity index is 1.78. The van der Waals surface area contributed by atoms with E-state index in [0.29, 0.717) is 13.2 Å². The molecule has 118 valence electrons. The Labute approximate surface area is 131 Å². The molecule has 0 aromatic heterocycles. The van der Waals surface area contributed by atoms with E-state index in [-0.39, 0.29) is 11.0 Å². The molecule has 2 saturated carbocycles. The lowest BCUT2D eigenvalue weighted by Crippen LogP contribution is -2.53. The van der Waals surface area contributed by atoms with Crippen molar-refractivity contribution in [2.24, 2.45) is 17.3 Å². The van der Waals surface area contributed by atoms with Crippen molar-refractivity contribution in [2.45, 2.75) is 45.1 Å². The van der Waals surface area contributed by atoms with E-state index in [0.717, 1.165) is 36.8 Å². The first kappa shape index (κ1) is 16.7. The van der Waals surface area contributed by atoms with E-state index in [9.17, 15) is 0 Å². The molecule has 0 saturated heterocycles. The van der Waals surface area contributed by atoms with Crippen LogP contribution in [0.1, 0.15) is 39.5 Å². The number of methoxy groups -OCH3 is 1. The van der Waals surface area contributed by atoms with Crippen LogP contribution in [0.25, 0.3) is 0 Å². The average Bonchev–Trinajstić information content (AvgIpc) is 2.98. The van der Waals surface area contributed by atoms with Gasteiger partial charge >= 0.3 is 0 Å². The summed E-state index contributed by atoms with van der Waals surface area (Å²) in [6, 6.07) is 0. The van der Waals surface area contributed by atoms with Crippen molar-refractivity contribution in [1.82, 2.24) is 0 Å². The number of halogens is 1. The van der Waals surface area contributed by atoms with E-state index in [2.05, 4.69) is 29.8 Å². The standard InChI is InChI=1S/C16H29BrO3/c1-15(2)13-5-6-14(11-13)16(15,12-17)20-10-9-19-8-4-7-18-3/h13-14H,4-12H2,1-3H3. The Hall–Kier alpha value is 0.360. The van der Waals surface area contributed by atoms with E-state index in [1.807, 2.05) is 0 Å². The second-order valence-electron chi connectivity index (χ2n) is 6.76. The molecule has 3 unspecified atom stereocenters. The maximum atomic E-state index is 6.39. The molecule has 20 heavy (non-hydrogen) atoms. The summed E-state index contributed by atoms with van der Waals surface area (Å²) in [5.74, 6) is 1.54. The minimum absolute atomic E-state index is 0.00576. The lowest BCUT2D eigenvalue weighted by atomic mass is 9.66. The molecule has 2 aliphatic rings. The van der Waals surface area contributed by atoms with E-state index < -0.39 is 0 Å². The molecule has 0 amide bonds. The predicted molar refractivity (Wildman–Crippen MR) is 84.4 cm³/mol. The summed E-state index contributed by atoms with van der Waals surface area (Å²) in [6.07, 6.45) is 5.00. The minimum Gasteiger partial charge on any atom is -0.385 e. The largest absolute Gasteiger partial charge is 0.385 e.